The molecular formula is C18H16N2O3S. The maximum absolute atomic E-state index is 12.2. The van der Waals surface area contributed by atoms with Crippen LogP contribution in [0.2, 0.25) is 0 Å². The zero-order valence-electron chi connectivity index (χ0n) is 13.2. The molecule has 1 atom stereocenters. The quantitative estimate of drug-likeness (QED) is 0.866. The lowest BCUT2D eigenvalue weighted by atomic mass is 10.2. The van der Waals surface area contributed by atoms with E-state index in [1.54, 1.807) is 24.3 Å². The molecule has 0 unspecified atom stereocenters. The number of amides is 1. The molecule has 0 radical (unpaired) electrons. The van der Waals surface area contributed by atoms with Gasteiger partial charge in [0.15, 0.2) is 6.10 Å². The number of rotatable bonds is 4. The highest BCUT2D eigenvalue weighted by atomic mass is 32.1. The average Bonchev–Trinajstić information content (AvgIpc) is 3.17. The SMILES string of the molecule is C[C@H](OC(=O)c1cc2c(s1)CCC2)C(=O)Nc1ccc(C#N)cc1. The Kier molecular flexibility index (Phi) is 4.63. The lowest BCUT2D eigenvalue weighted by Crippen LogP contribution is -2.29. The largest absolute Gasteiger partial charge is 0.448 e. The van der Waals surface area contributed by atoms with Crippen molar-refractivity contribution in [2.24, 2.45) is 0 Å². The third-order valence-electron chi connectivity index (χ3n) is 3.88. The normalized spacial score (nSPS) is 13.7. The van der Waals surface area contributed by atoms with Crippen LogP contribution in [0.5, 0.6) is 0 Å². The van der Waals surface area contributed by atoms with Gasteiger partial charge in [-0.1, -0.05) is 0 Å². The van der Waals surface area contributed by atoms with Crippen molar-refractivity contribution in [1.29, 1.82) is 5.26 Å². The maximum Gasteiger partial charge on any atom is 0.349 e. The minimum Gasteiger partial charge on any atom is -0.448 e. The Labute approximate surface area is 143 Å². The fourth-order valence-corrected chi connectivity index (χ4v) is 3.71. The highest BCUT2D eigenvalue weighted by Crippen LogP contribution is 2.31. The molecule has 3 rings (SSSR count). The molecule has 1 aromatic heterocycles. The molecule has 0 spiro atoms. The Morgan fingerprint density at radius 1 is 1.29 bits per heavy atom. The van der Waals surface area contributed by atoms with Crippen molar-refractivity contribution in [1.82, 2.24) is 0 Å². The fraction of sp³-hybridized carbons (Fsp3) is 0.278. The zero-order chi connectivity index (χ0) is 17.1. The van der Waals surface area contributed by atoms with Gasteiger partial charge < -0.3 is 10.1 Å². The third-order valence-corrected chi connectivity index (χ3v) is 5.10. The Bertz CT molecular complexity index is 796. The van der Waals surface area contributed by atoms with E-state index >= 15 is 0 Å². The molecule has 24 heavy (non-hydrogen) atoms. The molecule has 1 amide bonds. The summed E-state index contributed by atoms with van der Waals surface area (Å²) in [6.07, 6.45) is 2.26. The van der Waals surface area contributed by atoms with Crippen LogP contribution in [0.3, 0.4) is 0 Å². The van der Waals surface area contributed by atoms with Crippen molar-refractivity contribution in [3.05, 3.63) is 51.2 Å². The average molecular weight is 340 g/mol. The molecule has 1 aromatic carbocycles. The smallest absolute Gasteiger partial charge is 0.349 e. The van der Waals surface area contributed by atoms with Crippen LogP contribution in [-0.4, -0.2) is 18.0 Å². The van der Waals surface area contributed by atoms with Crippen LogP contribution < -0.4 is 5.32 Å². The van der Waals surface area contributed by atoms with Crippen LogP contribution >= 0.6 is 11.3 Å². The van der Waals surface area contributed by atoms with Gasteiger partial charge in [-0.15, -0.1) is 11.3 Å². The van der Waals surface area contributed by atoms with Gasteiger partial charge >= 0.3 is 5.97 Å². The molecule has 5 nitrogen and oxygen atoms in total. The number of fused-ring (bicyclic) bond motifs is 1. The van der Waals surface area contributed by atoms with Gasteiger partial charge in [0, 0.05) is 10.6 Å². The van der Waals surface area contributed by atoms with E-state index in [4.69, 9.17) is 10.00 Å². The first-order valence-corrected chi connectivity index (χ1v) is 8.52. The fourth-order valence-electron chi connectivity index (χ4n) is 2.57. The summed E-state index contributed by atoms with van der Waals surface area (Å²) in [4.78, 5) is 26.1. The molecule has 0 bridgehead atoms. The monoisotopic (exact) mass is 340 g/mol. The van der Waals surface area contributed by atoms with Crippen LogP contribution in [-0.2, 0) is 22.4 Å². The van der Waals surface area contributed by atoms with Crippen LogP contribution in [0, 0.1) is 11.3 Å². The lowest BCUT2D eigenvalue weighted by molar-refractivity contribution is -0.123. The van der Waals surface area contributed by atoms with Crippen molar-refractivity contribution in [2.45, 2.75) is 32.3 Å². The van der Waals surface area contributed by atoms with Gasteiger partial charge in [0.05, 0.1) is 11.6 Å². The maximum atomic E-state index is 12.2. The molecule has 0 fully saturated rings. The predicted octanol–water partition coefficient (Wildman–Crippen LogP) is 3.29. The number of nitriles is 1. The van der Waals surface area contributed by atoms with Crippen LogP contribution in [0.15, 0.2) is 30.3 Å². The molecule has 0 saturated heterocycles. The van der Waals surface area contributed by atoms with Crippen LogP contribution in [0.1, 0.15) is 39.0 Å². The molecule has 6 heteroatoms. The number of anilines is 1. The van der Waals surface area contributed by atoms with Gasteiger partial charge in [-0.3, -0.25) is 4.79 Å². The molecule has 1 aliphatic carbocycles. The molecule has 1 aliphatic rings. The standard InChI is InChI=1S/C18H16N2O3S/c1-11(17(21)20-14-7-5-12(10-19)6-8-14)23-18(22)16-9-13-3-2-4-15(13)24-16/h5-9,11H,2-4H2,1H3,(H,20,21)/t11-/m0/s1. The number of nitrogens with zero attached hydrogens (tertiary/aromatic N) is 1. The van der Waals surface area contributed by atoms with E-state index in [0.717, 1.165) is 19.3 Å². The molecule has 122 valence electrons. The van der Waals surface area contributed by atoms with E-state index in [2.05, 4.69) is 5.32 Å². The number of thiophene rings is 1. The molecule has 0 saturated carbocycles. The summed E-state index contributed by atoms with van der Waals surface area (Å²) >= 11 is 1.46. The summed E-state index contributed by atoms with van der Waals surface area (Å²) in [7, 11) is 0. The second kappa shape index (κ2) is 6.85. The van der Waals surface area contributed by atoms with Crippen molar-refractivity contribution in [3.63, 3.8) is 0 Å². The summed E-state index contributed by atoms with van der Waals surface area (Å²) in [5, 5.41) is 11.4. The Morgan fingerprint density at radius 3 is 2.71 bits per heavy atom. The van der Waals surface area contributed by atoms with E-state index in [0.29, 0.717) is 16.1 Å². The molecular weight excluding hydrogens is 324 g/mol. The second-order valence-corrected chi connectivity index (χ2v) is 6.78. The number of nitrogens with one attached hydrogen (secondary N) is 1. The number of hydrogen-bond acceptors (Lipinski definition) is 5. The number of hydrogen-bond donors (Lipinski definition) is 1. The summed E-state index contributed by atoms with van der Waals surface area (Å²) in [6, 6.07) is 10.4. The molecule has 1 N–H and O–H groups in total. The minimum absolute atomic E-state index is 0.405. The van der Waals surface area contributed by atoms with Crippen molar-refractivity contribution < 1.29 is 14.3 Å². The van der Waals surface area contributed by atoms with Gasteiger partial charge in [0.25, 0.3) is 5.91 Å². The van der Waals surface area contributed by atoms with E-state index in [-0.39, 0.29) is 0 Å². The van der Waals surface area contributed by atoms with E-state index < -0.39 is 18.0 Å². The predicted molar refractivity (Wildman–Crippen MR) is 91.0 cm³/mol. The number of esters is 1. The van der Waals surface area contributed by atoms with Crippen LogP contribution in [0.4, 0.5) is 5.69 Å². The summed E-state index contributed by atoms with van der Waals surface area (Å²) in [5.41, 5.74) is 2.29. The lowest BCUT2D eigenvalue weighted by Gasteiger charge is -2.13. The van der Waals surface area contributed by atoms with Gasteiger partial charge in [0.1, 0.15) is 4.88 Å². The summed E-state index contributed by atoms with van der Waals surface area (Å²) < 4.78 is 5.26. The number of benzene rings is 1. The number of aryl methyl sites for hydroxylation is 2. The number of carbonyl (C=O) groups is 2. The van der Waals surface area contributed by atoms with Gasteiger partial charge in [-0.05, 0) is 62.1 Å². The van der Waals surface area contributed by atoms with E-state index in [1.165, 1.54) is 28.7 Å². The first-order valence-electron chi connectivity index (χ1n) is 7.70. The van der Waals surface area contributed by atoms with Gasteiger partial charge in [-0.2, -0.15) is 5.26 Å². The molecule has 2 aromatic rings. The summed E-state index contributed by atoms with van der Waals surface area (Å²) in [5.74, 6) is -0.867. The molecule has 0 aliphatic heterocycles. The first kappa shape index (κ1) is 16.2. The topological polar surface area (TPSA) is 79.2 Å². The third kappa shape index (κ3) is 3.47. The van der Waals surface area contributed by atoms with Gasteiger partial charge in [-0.25, -0.2) is 4.79 Å². The number of carbonyl (C=O) groups excluding carboxylic acids is 2. The van der Waals surface area contributed by atoms with Crippen molar-refractivity contribution in [2.75, 3.05) is 5.32 Å². The van der Waals surface area contributed by atoms with Crippen LogP contribution in [0.25, 0.3) is 0 Å². The highest BCUT2D eigenvalue weighted by Gasteiger charge is 2.23. The van der Waals surface area contributed by atoms with Crippen molar-refractivity contribution in [3.8, 4) is 6.07 Å². The first-order chi connectivity index (χ1) is 11.6. The second-order valence-electron chi connectivity index (χ2n) is 5.64. The zero-order valence-corrected chi connectivity index (χ0v) is 14.0. The number of ether oxygens (including phenoxy) is 1. The van der Waals surface area contributed by atoms with E-state index in [1.807, 2.05) is 12.1 Å². The highest BCUT2D eigenvalue weighted by molar-refractivity contribution is 7.14. The van der Waals surface area contributed by atoms with Crippen molar-refractivity contribution >= 4 is 28.9 Å². The van der Waals surface area contributed by atoms with E-state index in [9.17, 15) is 9.59 Å². The summed E-state index contributed by atoms with van der Waals surface area (Å²) in [6.45, 7) is 1.54. The Balaban J connectivity index is 1.58. The van der Waals surface area contributed by atoms with Gasteiger partial charge in [0.2, 0.25) is 0 Å². The molecule has 1 heterocycles. The Morgan fingerprint density at radius 2 is 2.04 bits per heavy atom. The minimum atomic E-state index is -0.898. The Hall–Kier alpha value is -2.65.